The van der Waals surface area contributed by atoms with Gasteiger partial charge in [-0.3, -0.25) is 9.59 Å². The predicted molar refractivity (Wildman–Crippen MR) is 51.5 cm³/mol. The fourth-order valence-electron chi connectivity index (χ4n) is 1.31. The van der Waals surface area contributed by atoms with Crippen molar-refractivity contribution in [2.45, 2.75) is 32.9 Å². The minimum absolute atomic E-state index is 0.188. The Hall–Kier alpha value is -1.65. The molecule has 5 nitrogen and oxygen atoms in total. The monoisotopic (exact) mass is 211 g/mol. The Balaban J connectivity index is 2.64. The zero-order valence-corrected chi connectivity index (χ0v) is 8.78. The van der Waals surface area contributed by atoms with Crippen LogP contribution in [0.1, 0.15) is 26.7 Å². The molecule has 1 heterocycles. The van der Waals surface area contributed by atoms with Gasteiger partial charge in [0.1, 0.15) is 0 Å². The summed E-state index contributed by atoms with van der Waals surface area (Å²) in [5, 5.41) is 0. The standard InChI is InChI=1S/C10H13NO4/c1-6(2)10(14)15-7(3)11-8(12)4-5-9(11)13/h7H,1,4-5H2,2-3H3. The molecule has 0 saturated carbocycles. The Kier molecular flexibility index (Phi) is 3.24. The van der Waals surface area contributed by atoms with Gasteiger partial charge >= 0.3 is 5.97 Å². The SMILES string of the molecule is C=C(C)C(=O)OC(C)N1C(=O)CCC1=O. The van der Waals surface area contributed by atoms with E-state index >= 15 is 0 Å². The molecule has 0 aromatic carbocycles. The molecule has 1 atom stereocenters. The van der Waals surface area contributed by atoms with Crippen LogP contribution in [-0.2, 0) is 19.1 Å². The summed E-state index contributed by atoms with van der Waals surface area (Å²) in [6.45, 7) is 6.40. The molecule has 1 aliphatic rings. The molecule has 0 aliphatic carbocycles. The first-order chi connectivity index (χ1) is 6.93. The molecule has 0 radical (unpaired) electrons. The number of esters is 1. The smallest absolute Gasteiger partial charge is 0.335 e. The van der Waals surface area contributed by atoms with Crippen LogP contribution < -0.4 is 0 Å². The topological polar surface area (TPSA) is 63.7 Å². The number of amides is 2. The van der Waals surface area contributed by atoms with Crippen LogP contribution in [0, 0.1) is 0 Å². The van der Waals surface area contributed by atoms with E-state index in [1.807, 2.05) is 0 Å². The summed E-state index contributed by atoms with van der Waals surface area (Å²) in [7, 11) is 0. The molecule has 1 saturated heterocycles. The third kappa shape index (κ3) is 2.43. The van der Waals surface area contributed by atoms with Gasteiger partial charge < -0.3 is 4.74 Å². The highest BCUT2D eigenvalue weighted by atomic mass is 16.6. The maximum Gasteiger partial charge on any atom is 0.335 e. The van der Waals surface area contributed by atoms with E-state index in [-0.39, 0.29) is 30.2 Å². The molecule has 2 amide bonds. The summed E-state index contributed by atoms with van der Waals surface area (Å²) < 4.78 is 4.88. The number of rotatable bonds is 3. The van der Waals surface area contributed by atoms with Gasteiger partial charge in [-0.1, -0.05) is 6.58 Å². The highest BCUT2D eigenvalue weighted by Gasteiger charge is 2.34. The van der Waals surface area contributed by atoms with Crippen molar-refractivity contribution in [1.29, 1.82) is 0 Å². The number of hydrogen-bond donors (Lipinski definition) is 0. The van der Waals surface area contributed by atoms with E-state index in [1.165, 1.54) is 13.8 Å². The zero-order chi connectivity index (χ0) is 11.6. The van der Waals surface area contributed by atoms with Gasteiger partial charge in [-0.05, 0) is 13.8 Å². The quantitative estimate of drug-likeness (QED) is 0.389. The Bertz CT molecular complexity index is 318. The van der Waals surface area contributed by atoms with Crippen molar-refractivity contribution in [3.05, 3.63) is 12.2 Å². The molecule has 1 rings (SSSR count). The van der Waals surface area contributed by atoms with Crippen LogP contribution in [0.15, 0.2) is 12.2 Å². The Morgan fingerprint density at radius 2 is 1.87 bits per heavy atom. The summed E-state index contributed by atoms with van der Waals surface area (Å²) in [6.07, 6.45) is -0.474. The Morgan fingerprint density at radius 1 is 1.40 bits per heavy atom. The average Bonchev–Trinajstić information content (AvgIpc) is 2.45. The first-order valence-corrected chi connectivity index (χ1v) is 4.65. The fraction of sp³-hybridized carbons (Fsp3) is 0.500. The van der Waals surface area contributed by atoms with E-state index in [0.29, 0.717) is 0 Å². The summed E-state index contributed by atoms with van der Waals surface area (Å²) >= 11 is 0. The van der Waals surface area contributed by atoms with Gasteiger partial charge in [0, 0.05) is 18.4 Å². The number of nitrogens with zero attached hydrogens (tertiary/aromatic N) is 1. The minimum atomic E-state index is -0.850. The third-order valence-corrected chi connectivity index (χ3v) is 2.08. The van der Waals surface area contributed by atoms with Gasteiger partial charge in [0.05, 0.1) is 0 Å². The van der Waals surface area contributed by atoms with Crippen LogP contribution in [0.3, 0.4) is 0 Å². The first kappa shape index (κ1) is 11.4. The van der Waals surface area contributed by atoms with Crippen LogP contribution in [0.5, 0.6) is 0 Å². The molecule has 0 aromatic rings. The van der Waals surface area contributed by atoms with E-state index < -0.39 is 12.2 Å². The lowest BCUT2D eigenvalue weighted by atomic mass is 10.3. The Morgan fingerprint density at radius 3 is 2.27 bits per heavy atom. The van der Waals surface area contributed by atoms with Gasteiger partial charge in [0.15, 0.2) is 6.23 Å². The van der Waals surface area contributed by atoms with E-state index in [1.54, 1.807) is 0 Å². The zero-order valence-electron chi connectivity index (χ0n) is 8.78. The largest absolute Gasteiger partial charge is 0.438 e. The molecule has 1 unspecified atom stereocenters. The molecule has 0 N–H and O–H groups in total. The van der Waals surface area contributed by atoms with Gasteiger partial charge in [-0.15, -0.1) is 0 Å². The minimum Gasteiger partial charge on any atom is -0.438 e. The van der Waals surface area contributed by atoms with Gasteiger partial charge in [-0.25, -0.2) is 9.69 Å². The van der Waals surface area contributed by atoms with Crippen molar-refractivity contribution >= 4 is 17.8 Å². The second-order valence-corrected chi connectivity index (χ2v) is 3.44. The van der Waals surface area contributed by atoms with Crippen LogP contribution in [0.2, 0.25) is 0 Å². The van der Waals surface area contributed by atoms with Crippen molar-refractivity contribution in [1.82, 2.24) is 4.90 Å². The summed E-state index contributed by atoms with van der Waals surface area (Å²) in [6, 6.07) is 0. The van der Waals surface area contributed by atoms with Crippen molar-refractivity contribution in [3.63, 3.8) is 0 Å². The fourth-order valence-corrected chi connectivity index (χ4v) is 1.31. The normalized spacial score (nSPS) is 17.9. The van der Waals surface area contributed by atoms with Gasteiger partial charge in [0.25, 0.3) is 0 Å². The van der Waals surface area contributed by atoms with E-state index in [4.69, 9.17) is 4.74 Å². The van der Waals surface area contributed by atoms with E-state index in [9.17, 15) is 14.4 Å². The number of carbonyl (C=O) groups is 3. The highest BCUT2D eigenvalue weighted by Crippen LogP contribution is 2.16. The predicted octanol–water partition coefficient (Wildman–Crippen LogP) is 0.601. The Labute approximate surface area is 87.7 Å². The summed E-state index contributed by atoms with van der Waals surface area (Å²) in [5.74, 6) is -1.21. The lowest BCUT2D eigenvalue weighted by Gasteiger charge is -2.22. The molecule has 15 heavy (non-hydrogen) atoms. The molecule has 5 heteroatoms. The van der Waals surface area contributed by atoms with Crippen LogP contribution >= 0.6 is 0 Å². The van der Waals surface area contributed by atoms with E-state index in [2.05, 4.69) is 6.58 Å². The lowest BCUT2D eigenvalue weighted by Crippen LogP contribution is -2.40. The van der Waals surface area contributed by atoms with Crippen molar-refractivity contribution in [2.75, 3.05) is 0 Å². The average molecular weight is 211 g/mol. The van der Waals surface area contributed by atoms with Crippen LogP contribution in [0.25, 0.3) is 0 Å². The second kappa shape index (κ2) is 4.25. The number of carbonyl (C=O) groups excluding carboxylic acids is 3. The molecular weight excluding hydrogens is 198 g/mol. The number of imide groups is 1. The lowest BCUT2D eigenvalue weighted by molar-refractivity contribution is -0.162. The van der Waals surface area contributed by atoms with Crippen LogP contribution in [0.4, 0.5) is 0 Å². The molecule has 1 aliphatic heterocycles. The molecule has 0 bridgehead atoms. The summed E-state index contributed by atoms with van der Waals surface area (Å²) in [4.78, 5) is 34.7. The molecule has 0 spiro atoms. The molecular formula is C10H13NO4. The highest BCUT2D eigenvalue weighted by molar-refractivity contribution is 6.02. The maximum atomic E-state index is 11.3. The van der Waals surface area contributed by atoms with Gasteiger partial charge in [0.2, 0.25) is 11.8 Å². The van der Waals surface area contributed by atoms with Gasteiger partial charge in [-0.2, -0.15) is 0 Å². The number of hydrogen-bond acceptors (Lipinski definition) is 4. The second-order valence-electron chi connectivity index (χ2n) is 3.44. The molecule has 82 valence electrons. The third-order valence-electron chi connectivity index (χ3n) is 2.08. The van der Waals surface area contributed by atoms with Crippen molar-refractivity contribution in [2.24, 2.45) is 0 Å². The van der Waals surface area contributed by atoms with Crippen molar-refractivity contribution < 1.29 is 19.1 Å². The summed E-state index contributed by atoms with van der Waals surface area (Å²) in [5.41, 5.74) is 0.237. The first-order valence-electron chi connectivity index (χ1n) is 4.65. The maximum absolute atomic E-state index is 11.3. The molecule has 1 fully saturated rings. The van der Waals surface area contributed by atoms with E-state index in [0.717, 1.165) is 4.90 Å². The van der Waals surface area contributed by atoms with Crippen LogP contribution in [-0.4, -0.2) is 28.9 Å². The number of ether oxygens (including phenoxy) is 1. The molecule has 0 aromatic heterocycles. The number of likely N-dealkylation sites (tertiary alicyclic amines) is 1. The van der Waals surface area contributed by atoms with Crippen molar-refractivity contribution in [3.8, 4) is 0 Å².